The minimum atomic E-state index is -0.523. The molecule has 0 aromatic heterocycles. The second-order valence-corrected chi connectivity index (χ2v) is 2.03. The van der Waals surface area contributed by atoms with Crippen LogP contribution in [0.3, 0.4) is 0 Å². The molecule has 58 valence electrons. The first-order valence-corrected chi connectivity index (χ1v) is 2.77. The lowest BCUT2D eigenvalue weighted by Crippen LogP contribution is -2.31. The lowest BCUT2D eigenvalue weighted by molar-refractivity contribution is 0.236. The first kappa shape index (κ1) is 8.74. The summed E-state index contributed by atoms with van der Waals surface area (Å²) >= 11 is 0. The van der Waals surface area contributed by atoms with Crippen molar-refractivity contribution in [1.82, 2.24) is 9.91 Å². The number of urea groups is 1. The third-order valence-electron chi connectivity index (χ3n) is 0.803. The summed E-state index contributed by atoms with van der Waals surface area (Å²) in [6.45, 7) is 0. The third kappa shape index (κ3) is 3.71. The third-order valence-corrected chi connectivity index (χ3v) is 0.803. The van der Waals surface area contributed by atoms with Gasteiger partial charge < -0.3 is 10.7 Å². The van der Waals surface area contributed by atoms with Crippen LogP contribution in [0.25, 0.3) is 0 Å². The second kappa shape index (κ2) is 3.71. The molecule has 10 heavy (non-hydrogen) atoms. The summed E-state index contributed by atoms with van der Waals surface area (Å²) in [7, 11) is 5.05. The topological polar surface area (TPSA) is 61.9 Å². The molecule has 0 rings (SSSR count). The Bertz CT molecular complexity index is 143. The van der Waals surface area contributed by atoms with Crippen LogP contribution in [0.2, 0.25) is 0 Å². The lowest BCUT2D eigenvalue weighted by Gasteiger charge is -2.08. The summed E-state index contributed by atoms with van der Waals surface area (Å²) in [4.78, 5) is 11.5. The number of hydrazone groups is 1. The number of hydrogen-bond donors (Lipinski definition) is 1. The number of carbonyl (C=O) groups excluding carboxylic acids is 1. The molecule has 5 nitrogen and oxygen atoms in total. The van der Waals surface area contributed by atoms with Crippen LogP contribution in [-0.4, -0.2) is 43.4 Å². The number of hydrogen-bond acceptors (Lipinski definition) is 3. The number of primary amides is 1. The van der Waals surface area contributed by atoms with Gasteiger partial charge in [0.2, 0.25) is 0 Å². The lowest BCUT2D eigenvalue weighted by atomic mass is 10.8. The Morgan fingerprint density at radius 2 is 2.00 bits per heavy atom. The summed E-state index contributed by atoms with van der Waals surface area (Å²) in [5, 5.41) is 5.35. The van der Waals surface area contributed by atoms with E-state index in [-0.39, 0.29) is 0 Å². The van der Waals surface area contributed by atoms with E-state index < -0.39 is 6.03 Å². The monoisotopic (exact) mass is 144 g/mol. The minimum absolute atomic E-state index is 0.523. The number of carbonyl (C=O) groups is 1. The Morgan fingerprint density at radius 1 is 1.50 bits per heavy atom. The molecule has 0 aliphatic rings. The van der Waals surface area contributed by atoms with Gasteiger partial charge in [0.25, 0.3) is 0 Å². The number of rotatable bonds is 2. The zero-order valence-corrected chi connectivity index (χ0v) is 6.40. The predicted molar refractivity (Wildman–Crippen MR) is 39.5 cm³/mol. The van der Waals surface area contributed by atoms with Gasteiger partial charge >= 0.3 is 6.03 Å². The molecule has 0 aliphatic heterocycles. The van der Waals surface area contributed by atoms with Crippen LogP contribution in [0.4, 0.5) is 4.79 Å². The Balaban J connectivity index is 3.77. The summed E-state index contributed by atoms with van der Waals surface area (Å²) in [6, 6.07) is -0.523. The van der Waals surface area contributed by atoms with Crippen molar-refractivity contribution in [2.45, 2.75) is 0 Å². The van der Waals surface area contributed by atoms with Crippen molar-refractivity contribution < 1.29 is 4.79 Å². The van der Waals surface area contributed by atoms with Crippen molar-refractivity contribution in [2.24, 2.45) is 10.8 Å². The summed E-state index contributed by atoms with van der Waals surface area (Å²) < 4.78 is 0. The highest BCUT2D eigenvalue weighted by atomic mass is 16.2. The van der Waals surface area contributed by atoms with Crippen LogP contribution >= 0.6 is 0 Å². The standard InChI is InChI=1S/C5H12N4O/c1-8(2)7-4-9(3)5(6)10/h4H,1-3H3,(H2,6,10). The Morgan fingerprint density at radius 3 is 2.30 bits per heavy atom. The average Bonchev–Trinajstić information content (AvgIpc) is 1.82. The van der Waals surface area contributed by atoms with Crippen LogP contribution in [0.15, 0.2) is 5.10 Å². The molecule has 0 saturated carbocycles. The van der Waals surface area contributed by atoms with Crippen molar-refractivity contribution in [3.8, 4) is 0 Å². The highest BCUT2D eigenvalue weighted by molar-refractivity contribution is 5.84. The zero-order valence-electron chi connectivity index (χ0n) is 6.40. The second-order valence-electron chi connectivity index (χ2n) is 2.03. The highest BCUT2D eigenvalue weighted by Crippen LogP contribution is 1.77. The molecule has 0 spiro atoms. The fraction of sp³-hybridized carbons (Fsp3) is 0.600. The van der Waals surface area contributed by atoms with Crippen molar-refractivity contribution in [1.29, 1.82) is 0 Å². The average molecular weight is 144 g/mol. The molecule has 5 heteroatoms. The van der Waals surface area contributed by atoms with Crippen molar-refractivity contribution in [3.63, 3.8) is 0 Å². The van der Waals surface area contributed by atoms with Crippen LogP contribution < -0.4 is 5.73 Å². The van der Waals surface area contributed by atoms with E-state index in [9.17, 15) is 4.79 Å². The number of nitrogens with zero attached hydrogens (tertiary/aromatic N) is 3. The summed E-state index contributed by atoms with van der Waals surface area (Å²) in [5.74, 6) is 0. The Kier molecular flexibility index (Phi) is 3.24. The maximum atomic E-state index is 10.4. The van der Waals surface area contributed by atoms with E-state index >= 15 is 0 Å². The van der Waals surface area contributed by atoms with E-state index in [2.05, 4.69) is 5.10 Å². The normalized spacial score (nSPS) is 9.90. The molecule has 2 N–H and O–H groups in total. The van der Waals surface area contributed by atoms with E-state index in [4.69, 9.17) is 5.73 Å². The van der Waals surface area contributed by atoms with Gasteiger partial charge in [0.1, 0.15) is 6.34 Å². The van der Waals surface area contributed by atoms with Crippen LogP contribution in [0.1, 0.15) is 0 Å². The number of nitrogens with two attached hydrogens (primary N) is 1. The van der Waals surface area contributed by atoms with Crippen LogP contribution in [-0.2, 0) is 0 Å². The molecular weight excluding hydrogens is 132 g/mol. The minimum Gasteiger partial charge on any atom is -0.351 e. The van der Waals surface area contributed by atoms with Gasteiger partial charge in [0.15, 0.2) is 0 Å². The smallest absolute Gasteiger partial charge is 0.319 e. The molecule has 0 unspecified atom stereocenters. The van der Waals surface area contributed by atoms with E-state index in [0.717, 1.165) is 0 Å². The van der Waals surface area contributed by atoms with Crippen LogP contribution in [0.5, 0.6) is 0 Å². The van der Waals surface area contributed by atoms with Crippen molar-refractivity contribution in [3.05, 3.63) is 0 Å². The predicted octanol–water partition coefficient (Wildman–Crippen LogP) is -0.498. The Labute approximate surface area is 60.1 Å². The first-order chi connectivity index (χ1) is 4.54. The fourth-order valence-corrected chi connectivity index (χ4v) is 0.238. The molecule has 0 radical (unpaired) electrons. The van der Waals surface area contributed by atoms with E-state index in [1.807, 2.05) is 0 Å². The van der Waals surface area contributed by atoms with Crippen molar-refractivity contribution in [2.75, 3.05) is 21.1 Å². The van der Waals surface area contributed by atoms with Gasteiger partial charge in [-0.05, 0) is 0 Å². The summed E-state index contributed by atoms with van der Waals surface area (Å²) in [5.41, 5.74) is 4.90. The maximum absolute atomic E-state index is 10.4. The molecular formula is C5H12N4O. The largest absolute Gasteiger partial charge is 0.351 e. The Hall–Kier alpha value is -1.26. The van der Waals surface area contributed by atoms with Gasteiger partial charge in [-0.3, -0.25) is 4.90 Å². The van der Waals surface area contributed by atoms with Crippen LogP contribution in [0, 0.1) is 0 Å². The molecule has 0 aromatic carbocycles. The van der Waals surface area contributed by atoms with E-state index in [1.54, 1.807) is 19.1 Å². The first-order valence-electron chi connectivity index (χ1n) is 2.77. The van der Waals surface area contributed by atoms with Gasteiger partial charge in [-0.15, -0.1) is 0 Å². The SMILES string of the molecule is CN(C)N=CN(C)C(N)=O. The fourth-order valence-electron chi connectivity index (χ4n) is 0.238. The molecule has 2 amide bonds. The van der Waals surface area contributed by atoms with E-state index in [1.165, 1.54) is 18.3 Å². The van der Waals surface area contributed by atoms with Gasteiger partial charge in [0, 0.05) is 21.1 Å². The quantitative estimate of drug-likeness (QED) is 0.322. The maximum Gasteiger partial charge on any atom is 0.319 e. The molecule has 0 fully saturated rings. The van der Waals surface area contributed by atoms with Gasteiger partial charge in [-0.2, -0.15) is 5.10 Å². The van der Waals surface area contributed by atoms with Gasteiger partial charge in [-0.25, -0.2) is 4.79 Å². The molecule has 0 bridgehead atoms. The molecule has 0 aliphatic carbocycles. The molecule has 0 saturated heterocycles. The van der Waals surface area contributed by atoms with Gasteiger partial charge in [-0.1, -0.05) is 0 Å². The highest BCUT2D eigenvalue weighted by Gasteiger charge is 1.96. The molecule has 0 atom stereocenters. The van der Waals surface area contributed by atoms with Crippen molar-refractivity contribution >= 4 is 12.4 Å². The number of amides is 2. The van der Waals surface area contributed by atoms with E-state index in [0.29, 0.717) is 0 Å². The molecule has 0 heterocycles. The summed E-state index contributed by atoms with van der Waals surface area (Å²) in [6.07, 6.45) is 1.35. The zero-order chi connectivity index (χ0) is 8.15. The molecule has 0 aromatic rings. The van der Waals surface area contributed by atoms with Gasteiger partial charge in [0.05, 0.1) is 0 Å².